The fraction of sp³-hybridized carbons (Fsp3) is 0.429. The van der Waals surface area contributed by atoms with Crippen LogP contribution in [0.5, 0.6) is 0 Å². The van der Waals surface area contributed by atoms with Gasteiger partial charge in [0.05, 0.1) is 33.8 Å². The Morgan fingerprint density at radius 2 is 2.30 bits per heavy atom. The maximum Gasteiger partial charge on any atom is 0.230 e. The summed E-state index contributed by atoms with van der Waals surface area (Å²) < 4.78 is 23.1. The third kappa shape index (κ3) is 3.99. The molecule has 2 N–H and O–H groups in total. The molecule has 0 radical (unpaired) electrons. The normalized spacial score (nSPS) is 23.2. The molecule has 0 bridgehead atoms. The summed E-state index contributed by atoms with van der Waals surface area (Å²) in [5, 5.41) is 4.07. The summed E-state index contributed by atoms with van der Waals surface area (Å²) in [5.74, 6) is 0.0948. The number of aromatic nitrogens is 2. The van der Waals surface area contributed by atoms with Gasteiger partial charge in [0.15, 0.2) is 15.0 Å². The molecule has 1 atom stereocenters. The van der Waals surface area contributed by atoms with E-state index >= 15 is 0 Å². The SMILES string of the molecule is CC1(NC(=O)CSc2nc3ccc(Cl)cc3[nH]2)CCS(=O)(=O)C1. The summed E-state index contributed by atoms with van der Waals surface area (Å²) in [4.78, 5) is 19.5. The van der Waals surface area contributed by atoms with Crippen molar-refractivity contribution in [2.45, 2.75) is 24.0 Å². The van der Waals surface area contributed by atoms with Crippen LogP contribution in [0.2, 0.25) is 5.02 Å². The number of nitrogens with one attached hydrogen (secondary N) is 2. The molecular formula is C14H16ClN3O3S2. The molecule has 1 unspecified atom stereocenters. The van der Waals surface area contributed by atoms with Gasteiger partial charge >= 0.3 is 0 Å². The van der Waals surface area contributed by atoms with Gasteiger partial charge in [0.2, 0.25) is 5.91 Å². The van der Waals surface area contributed by atoms with E-state index in [-0.39, 0.29) is 23.2 Å². The number of fused-ring (bicyclic) bond motifs is 1. The molecule has 9 heteroatoms. The van der Waals surface area contributed by atoms with Gasteiger partial charge in [0.1, 0.15) is 0 Å². The number of halogens is 1. The van der Waals surface area contributed by atoms with Gasteiger partial charge in [0, 0.05) is 5.02 Å². The summed E-state index contributed by atoms with van der Waals surface area (Å²) in [6.45, 7) is 1.77. The van der Waals surface area contributed by atoms with Crippen LogP contribution in [0.4, 0.5) is 0 Å². The van der Waals surface area contributed by atoms with Crippen molar-refractivity contribution in [3.05, 3.63) is 23.2 Å². The molecule has 1 aliphatic rings. The molecule has 0 aliphatic carbocycles. The second-order valence-corrected chi connectivity index (χ2v) is 9.53. The van der Waals surface area contributed by atoms with Crippen molar-refractivity contribution in [1.82, 2.24) is 15.3 Å². The average molecular weight is 374 g/mol. The van der Waals surface area contributed by atoms with Crippen LogP contribution in [0.15, 0.2) is 23.4 Å². The number of hydrogen-bond acceptors (Lipinski definition) is 5. The molecule has 0 spiro atoms. The van der Waals surface area contributed by atoms with Gasteiger partial charge in [-0.1, -0.05) is 23.4 Å². The van der Waals surface area contributed by atoms with Gasteiger partial charge in [-0.3, -0.25) is 4.79 Å². The smallest absolute Gasteiger partial charge is 0.230 e. The third-order valence-electron chi connectivity index (χ3n) is 3.71. The summed E-state index contributed by atoms with van der Waals surface area (Å²) >= 11 is 7.19. The van der Waals surface area contributed by atoms with Crippen LogP contribution < -0.4 is 5.32 Å². The number of H-pyrrole nitrogens is 1. The zero-order chi connectivity index (χ0) is 16.7. The van der Waals surface area contributed by atoms with Crippen molar-refractivity contribution in [2.75, 3.05) is 17.3 Å². The monoisotopic (exact) mass is 373 g/mol. The van der Waals surface area contributed by atoms with Crippen molar-refractivity contribution in [2.24, 2.45) is 0 Å². The number of rotatable bonds is 4. The lowest BCUT2D eigenvalue weighted by Crippen LogP contribution is -2.47. The Balaban J connectivity index is 1.60. The Morgan fingerprint density at radius 3 is 3.00 bits per heavy atom. The highest BCUT2D eigenvalue weighted by Gasteiger charge is 2.39. The highest BCUT2D eigenvalue weighted by atomic mass is 35.5. The van der Waals surface area contributed by atoms with E-state index in [1.807, 2.05) is 6.07 Å². The van der Waals surface area contributed by atoms with Gasteiger partial charge in [-0.05, 0) is 31.5 Å². The maximum atomic E-state index is 12.1. The molecule has 2 heterocycles. The van der Waals surface area contributed by atoms with Crippen LogP contribution in [0, 0.1) is 0 Å². The minimum absolute atomic E-state index is 0.000453. The summed E-state index contributed by atoms with van der Waals surface area (Å²) in [6, 6.07) is 5.34. The van der Waals surface area contributed by atoms with Gasteiger partial charge in [0.25, 0.3) is 0 Å². The van der Waals surface area contributed by atoms with Crippen LogP contribution in [0.3, 0.4) is 0 Å². The zero-order valence-electron chi connectivity index (χ0n) is 12.4. The summed E-state index contributed by atoms with van der Waals surface area (Å²) in [7, 11) is -3.04. The number of sulfone groups is 1. The molecule has 6 nitrogen and oxygen atoms in total. The molecule has 1 amide bonds. The minimum Gasteiger partial charge on any atom is -0.349 e. The second-order valence-electron chi connectivity index (χ2n) is 5.94. The number of aromatic amines is 1. The van der Waals surface area contributed by atoms with Crippen molar-refractivity contribution in [1.29, 1.82) is 0 Å². The van der Waals surface area contributed by atoms with Crippen LogP contribution in [0.1, 0.15) is 13.3 Å². The molecule has 0 saturated carbocycles. The quantitative estimate of drug-likeness (QED) is 0.800. The van der Waals surface area contributed by atoms with Crippen LogP contribution in [-0.4, -0.2) is 47.1 Å². The van der Waals surface area contributed by atoms with Crippen molar-refractivity contribution >= 4 is 50.1 Å². The summed E-state index contributed by atoms with van der Waals surface area (Å²) in [6.07, 6.45) is 0.453. The lowest BCUT2D eigenvalue weighted by atomic mass is 10.0. The Labute approximate surface area is 143 Å². The van der Waals surface area contributed by atoms with Crippen LogP contribution >= 0.6 is 23.4 Å². The Morgan fingerprint density at radius 1 is 1.52 bits per heavy atom. The predicted molar refractivity (Wildman–Crippen MR) is 91.6 cm³/mol. The first-order valence-electron chi connectivity index (χ1n) is 7.04. The Bertz CT molecular complexity index is 865. The number of imidazole rings is 1. The molecule has 3 rings (SSSR count). The highest BCUT2D eigenvalue weighted by Crippen LogP contribution is 2.24. The fourth-order valence-corrected chi connectivity index (χ4v) is 5.59. The topological polar surface area (TPSA) is 91.9 Å². The van der Waals surface area contributed by atoms with E-state index in [2.05, 4.69) is 15.3 Å². The van der Waals surface area contributed by atoms with Gasteiger partial charge in [-0.15, -0.1) is 0 Å². The summed E-state index contributed by atoms with van der Waals surface area (Å²) in [5.41, 5.74) is 0.929. The Hall–Kier alpha value is -1.25. The minimum atomic E-state index is -3.04. The van der Waals surface area contributed by atoms with Crippen LogP contribution in [0.25, 0.3) is 11.0 Å². The lowest BCUT2D eigenvalue weighted by Gasteiger charge is -2.23. The van der Waals surface area contributed by atoms with E-state index < -0.39 is 15.4 Å². The number of carbonyl (C=O) groups is 1. The molecule has 1 aromatic carbocycles. The predicted octanol–water partition coefficient (Wildman–Crippen LogP) is 2.00. The van der Waals surface area contributed by atoms with Crippen LogP contribution in [-0.2, 0) is 14.6 Å². The van der Waals surface area contributed by atoms with E-state index in [0.29, 0.717) is 16.6 Å². The highest BCUT2D eigenvalue weighted by molar-refractivity contribution is 7.99. The molecule has 1 aliphatic heterocycles. The number of benzene rings is 1. The molecule has 1 aromatic heterocycles. The molecule has 1 saturated heterocycles. The van der Waals surface area contributed by atoms with Gasteiger partial charge in [-0.25, -0.2) is 13.4 Å². The average Bonchev–Trinajstić information content (AvgIpc) is 2.96. The zero-order valence-corrected chi connectivity index (χ0v) is 14.8. The van der Waals surface area contributed by atoms with E-state index in [1.54, 1.807) is 19.1 Å². The standard InChI is InChI=1S/C14H16ClN3O3S2/c1-14(4-5-23(20,21)8-14)18-12(19)7-22-13-16-10-3-2-9(15)6-11(10)17-13/h2-3,6H,4-5,7-8H2,1H3,(H,16,17)(H,18,19). The number of amides is 1. The third-order valence-corrected chi connectivity index (χ3v) is 6.72. The fourth-order valence-electron chi connectivity index (χ4n) is 2.64. The molecule has 23 heavy (non-hydrogen) atoms. The molecule has 2 aromatic rings. The number of thioether (sulfide) groups is 1. The van der Waals surface area contributed by atoms with E-state index in [4.69, 9.17) is 11.6 Å². The first-order chi connectivity index (χ1) is 10.7. The number of hydrogen-bond donors (Lipinski definition) is 2. The molecule has 124 valence electrons. The lowest BCUT2D eigenvalue weighted by molar-refractivity contribution is -0.120. The van der Waals surface area contributed by atoms with Crippen molar-refractivity contribution < 1.29 is 13.2 Å². The largest absolute Gasteiger partial charge is 0.349 e. The number of carbonyl (C=O) groups excluding carboxylic acids is 1. The van der Waals surface area contributed by atoms with Crippen molar-refractivity contribution in [3.8, 4) is 0 Å². The number of nitrogens with zero attached hydrogens (tertiary/aromatic N) is 1. The van der Waals surface area contributed by atoms with E-state index in [0.717, 1.165) is 11.0 Å². The van der Waals surface area contributed by atoms with Gasteiger partial charge < -0.3 is 10.3 Å². The maximum absolute atomic E-state index is 12.1. The molecular weight excluding hydrogens is 358 g/mol. The van der Waals surface area contributed by atoms with Gasteiger partial charge in [-0.2, -0.15) is 0 Å². The first kappa shape index (κ1) is 16.6. The van der Waals surface area contributed by atoms with E-state index in [1.165, 1.54) is 11.8 Å². The first-order valence-corrected chi connectivity index (χ1v) is 10.2. The van der Waals surface area contributed by atoms with E-state index in [9.17, 15) is 13.2 Å². The second kappa shape index (κ2) is 5.99. The Kier molecular flexibility index (Phi) is 4.33. The molecule has 1 fully saturated rings. The van der Waals surface area contributed by atoms with Crippen molar-refractivity contribution in [3.63, 3.8) is 0 Å².